The standard InChI is InChI=1S/C14H18N2O5/c1-9-5-6-10(8-11(9)13(19)21-2)16-14(20)15-7-3-4-12(17)18/h5-6,8H,3-4,7H2,1-2H3,(H,17,18)(H2,15,16,20). The van der Waals surface area contributed by atoms with Gasteiger partial charge in [0.2, 0.25) is 0 Å². The number of nitrogens with one attached hydrogen (secondary N) is 2. The first kappa shape index (κ1) is 16.5. The minimum atomic E-state index is -0.904. The van der Waals surface area contributed by atoms with Crippen LogP contribution in [0, 0.1) is 6.92 Å². The largest absolute Gasteiger partial charge is 0.481 e. The highest BCUT2D eigenvalue weighted by molar-refractivity contribution is 5.95. The Kier molecular flexibility index (Phi) is 6.19. The van der Waals surface area contributed by atoms with E-state index in [2.05, 4.69) is 15.4 Å². The number of esters is 1. The highest BCUT2D eigenvalue weighted by atomic mass is 16.5. The molecular formula is C14H18N2O5. The molecule has 0 saturated heterocycles. The summed E-state index contributed by atoms with van der Waals surface area (Å²) in [6.45, 7) is 2.02. The van der Waals surface area contributed by atoms with Gasteiger partial charge in [-0.3, -0.25) is 4.79 Å². The molecule has 0 aromatic heterocycles. The van der Waals surface area contributed by atoms with E-state index in [1.807, 2.05) is 0 Å². The van der Waals surface area contributed by atoms with Gasteiger partial charge in [0.05, 0.1) is 12.7 Å². The van der Waals surface area contributed by atoms with Crippen LogP contribution in [0.5, 0.6) is 0 Å². The van der Waals surface area contributed by atoms with Crippen molar-refractivity contribution < 1.29 is 24.2 Å². The van der Waals surface area contributed by atoms with Crippen molar-refractivity contribution in [1.82, 2.24) is 5.32 Å². The number of carboxylic acid groups (broad SMARTS) is 1. The van der Waals surface area contributed by atoms with Crippen LogP contribution >= 0.6 is 0 Å². The van der Waals surface area contributed by atoms with Crippen LogP contribution in [0.2, 0.25) is 0 Å². The lowest BCUT2D eigenvalue weighted by molar-refractivity contribution is -0.137. The summed E-state index contributed by atoms with van der Waals surface area (Å²) in [4.78, 5) is 33.5. The molecule has 0 fully saturated rings. The lowest BCUT2D eigenvalue weighted by Crippen LogP contribution is -2.29. The maximum absolute atomic E-state index is 11.6. The van der Waals surface area contributed by atoms with Crippen molar-refractivity contribution in [2.24, 2.45) is 0 Å². The van der Waals surface area contributed by atoms with Crippen LogP contribution in [-0.4, -0.2) is 36.7 Å². The molecule has 3 N–H and O–H groups in total. The molecule has 0 spiro atoms. The average molecular weight is 294 g/mol. The minimum Gasteiger partial charge on any atom is -0.481 e. The molecule has 2 amide bonds. The van der Waals surface area contributed by atoms with Crippen molar-refractivity contribution in [3.8, 4) is 0 Å². The van der Waals surface area contributed by atoms with Crippen molar-refractivity contribution in [1.29, 1.82) is 0 Å². The summed E-state index contributed by atoms with van der Waals surface area (Å²) < 4.78 is 4.66. The number of anilines is 1. The van der Waals surface area contributed by atoms with Gasteiger partial charge < -0.3 is 20.5 Å². The van der Waals surface area contributed by atoms with Crippen molar-refractivity contribution >= 4 is 23.7 Å². The fourth-order valence-corrected chi connectivity index (χ4v) is 1.65. The zero-order valence-corrected chi connectivity index (χ0v) is 11.9. The van der Waals surface area contributed by atoms with Gasteiger partial charge in [-0.25, -0.2) is 9.59 Å². The summed E-state index contributed by atoms with van der Waals surface area (Å²) in [7, 11) is 1.29. The third-order valence-electron chi connectivity index (χ3n) is 2.75. The van der Waals surface area contributed by atoms with Crippen LogP contribution in [0.3, 0.4) is 0 Å². The number of benzene rings is 1. The molecule has 0 aliphatic heterocycles. The summed E-state index contributed by atoms with van der Waals surface area (Å²) >= 11 is 0. The first-order valence-corrected chi connectivity index (χ1v) is 6.39. The van der Waals surface area contributed by atoms with Gasteiger partial charge in [-0.1, -0.05) is 6.07 Å². The van der Waals surface area contributed by atoms with Gasteiger partial charge in [-0.2, -0.15) is 0 Å². The van der Waals surface area contributed by atoms with Gasteiger partial charge in [0.15, 0.2) is 0 Å². The summed E-state index contributed by atoms with van der Waals surface area (Å²) in [5.74, 6) is -1.38. The minimum absolute atomic E-state index is 0.00268. The zero-order valence-electron chi connectivity index (χ0n) is 11.9. The third kappa shape index (κ3) is 5.52. The summed E-state index contributed by atoms with van der Waals surface area (Å²) in [6.07, 6.45) is 0.349. The molecule has 0 atom stereocenters. The highest BCUT2D eigenvalue weighted by Gasteiger charge is 2.11. The number of aryl methyl sites for hydroxylation is 1. The van der Waals surface area contributed by atoms with Gasteiger partial charge in [0.1, 0.15) is 0 Å². The molecule has 114 valence electrons. The molecule has 0 aliphatic rings. The van der Waals surface area contributed by atoms with Crippen molar-refractivity contribution in [3.05, 3.63) is 29.3 Å². The van der Waals surface area contributed by atoms with E-state index in [-0.39, 0.29) is 13.0 Å². The Morgan fingerprint density at radius 1 is 1.29 bits per heavy atom. The predicted molar refractivity (Wildman–Crippen MR) is 76.4 cm³/mol. The quantitative estimate of drug-likeness (QED) is 0.548. The van der Waals surface area contributed by atoms with E-state index in [0.29, 0.717) is 17.7 Å². The lowest BCUT2D eigenvalue weighted by atomic mass is 10.1. The van der Waals surface area contributed by atoms with Crippen LogP contribution in [0.15, 0.2) is 18.2 Å². The number of hydrogen-bond donors (Lipinski definition) is 3. The van der Waals surface area contributed by atoms with Gasteiger partial charge >= 0.3 is 18.0 Å². The molecule has 0 heterocycles. The van der Waals surface area contributed by atoms with Gasteiger partial charge in [-0.05, 0) is 31.0 Å². The number of carbonyl (C=O) groups is 3. The van der Waals surface area contributed by atoms with Crippen LogP contribution in [-0.2, 0) is 9.53 Å². The summed E-state index contributed by atoms with van der Waals surface area (Å²) in [5.41, 5.74) is 1.58. The normalized spacial score (nSPS) is 9.81. The number of hydrogen-bond acceptors (Lipinski definition) is 4. The second-order valence-electron chi connectivity index (χ2n) is 4.40. The molecule has 7 heteroatoms. The van der Waals surface area contributed by atoms with Gasteiger partial charge in [-0.15, -0.1) is 0 Å². The Bertz CT molecular complexity index is 542. The van der Waals surface area contributed by atoms with E-state index in [4.69, 9.17) is 5.11 Å². The monoisotopic (exact) mass is 294 g/mol. The highest BCUT2D eigenvalue weighted by Crippen LogP contribution is 2.16. The first-order valence-electron chi connectivity index (χ1n) is 6.39. The smallest absolute Gasteiger partial charge is 0.338 e. The van der Waals surface area contributed by atoms with Crippen molar-refractivity contribution in [2.45, 2.75) is 19.8 Å². The van der Waals surface area contributed by atoms with Crippen LogP contribution in [0.4, 0.5) is 10.5 Å². The number of carbonyl (C=O) groups excluding carboxylic acids is 2. The number of carboxylic acids is 1. The molecule has 1 rings (SSSR count). The fraction of sp³-hybridized carbons (Fsp3) is 0.357. The first-order chi connectivity index (χ1) is 9.93. The molecule has 0 unspecified atom stereocenters. The molecule has 0 aliphatic carbocycles. The third-order valence-corrected chi connectivity index (χ3v) is 2.75. The molecule has 0 saturated carbocycles. The predicted octanol–water partition coefficient (Wildman–Crippen LogP) is 1.77. The van der Waals surface area contributed by atoms with Crippen LogP contribution in [0.1, 0.15) is 28.8 Å². The molecule has 1 aromatic carbocycles. The van der Waals surface area contributed by atoms with E-state index in [0.717, 1.165) is 5.56 Å². The Morgan fingerprint density at radius 3 is 2.62 bits per heavy atom. The Morgan fingerprint density at radius 2 is 2.00 bits per heavy atom. The van der Waals surface area contributed by atoms with Gasteiger partial charge in [0.25, 0.3) is 0 Å². The van der Waals surface area contributed by atoms with Crippen molar-refractivity contribution in [3.63, 3.8) is 0 Å². The second kappa shape index (κ2) is 7.88. The maximum atomic E-state index is 11.6. The molecule has 0 radical (unpaired) electrons. The number of urea groups is 1. The molecule has 21 heavy (non-hydrogen) atoms. The Hall–Kier alpha value is -2.57. The van der Waals surface area contributed by atoms with Gasteiger partial charge in [0, 0.05) is 18.7 Å². The molecule has 0 bridgehead atoms. The van der Waals surface area contributed by atoms with E-state index in [1.54, 1.807) is 19.1 Å². The van der Waals surface area contributed by atoms with Crippen LogP contribution in [0.25, 0.3) is 0 Å². The second-order valence-corrected chi connectivity index (χ2v) is 4.40. The van der Waals surface area contributed by atoms with E-state index in [1.165, 1.54) is 13.2 Å². The molecule has 1 aromatic rings. The Balaban J connectivity index is 2.56. The van der Waals surface area contributed by atoms with E-state index >= 15 is 0 Å². The van der Waals surface area contributed by atoms with Crippen LogP contribution < -0.4 is 10.6 Å². The van der Waals surface area contributed by atoms with Crippen molar-refractivity contribution in [2.75, 3.05) is 19.0 Å². The topological polar surface area (TPSA) is 105 Å². The number of ether oxygens (including phenoxy) is 1. The SMILES string of the molecule is COC(=O)c1cc(NC(=O)NCCCC(=O)O)ccc1C. The van der Waals surface area contributed by atoms with E-state index < -0.39 is 18.0 Å². The lowest BCUT2D eigenvalue weighted by Gasteiger charge is -2.10. The average Bonchev–Trinajstić information content (AvgIpc) is 2.44. The molecule has 7 nitrogen and oxygen atoms in total. The number of rotatable bonds is 6. The number of methoxy groups -OCH3 is 1. The number of aliphatic carboxylic acids is 1. The fourth-order valence-electron chi connectivity index (χ4n) is 1.65. The Labute approximate surface area is 122 Å². The zero-order chi connectivity index (χ0) is 15.8. The summed E-state index contributed by atoms with van der Waals surface area (Å²) in [5, 5.41) is 13.6. The summed E-state index contributed by atoms with van der Waals surface area (Å²) in [6, 6.07) is 4.43. The number of amides is 2. The van der Waals surface area contributed by atoms with E-state index in [9.17, 15) is 14.4 Å². The molecular weight excluding hydrogens is 276 g/mol. The maximum Gasteiger partial charge on any atom is 0.338 e.